The molecular weight excluding hydrogens is 350 g/mol. The minimum Gasteiger partial charge on any atom is -0.468 e. The molecule has 1 aliphatic rings. The van der Waals surface area contributed by atoms with Crippen molar-refractivity contribution in [3.8, 4) is 0 Å². The number of likely N-dealkylation sites (tertiary alicyclic amines) is 1. The molecule has 1 unspecified atom stereocenters. The van der Waals surface area contributed by atoms with Gasteiger partial charge in [0.25, 0.3) is 0 Å². The summed E-state index contributed by atoms with van der Waals surface area (Å²) < 4.78 is 7.52. The van der Waals surface area contributed by atoms with E-state index in [1.165, 1.54) is 18.4 Å². The van der Waals surface area contributed by atoms with Crippen LogP contribution in [0.25, 0.3) is 11.0 Å². The van der Waals surface area contributed by atoms with Crippen LogP contribution in [0.1, 0.15) is 35.9 Å². The standard InChI is InChI=1S/C19H25N5O.ClH/c1-14-16-10-15(12-21-19(16)23(2)22-14)11-20-13-17(18-6-5-9-25-18)24-7-3-4-8-24;/h5-6,9-10,12,17,20H,3-4,7-8,11,13H2,1-2H3;1H. The molecule has 3 aromatic heterocycles. The van der Waals surface area contributed by atoms with Gasteiger partial charge in [0.1, 0.15) is 5.76 Å². The fourth-order valence-electron chi connectivity index (χ4n) is 3.74. The maximum Gasteiger partial charge on any atom is 0.157 e. The van der Waals surface area contributed by atoms with Gasteiger partial charge in [0.05, 0.1) is 18.0 Å². The van der Waals surface area contributed by atoms with Gasteiger partial charge >= 0.3 is 0 Å². The highest BCUT2D eigenvalue weighted by molar-refractivity contribution is 5.85. The molecule has 1 fully saturated rings. The first kappa shape index (κ1) is 18.9. The van der Waals surface area contributed by atoms with Crippen LogP contribution in [0.2, 0.25) is 0 Å². The fourth-order valence-corrected chi connectivity index (χ4v) is 3.74. The maximum atomic E-state index is 5.68. The molecule has 26 heavy (non-hydrogen) atoms. The Kier molecular flexibility index (Phi) is 5.96. The van der Waals surface area contributed by atoms with Crippen LogP contribution in [0.15, 0.2) is 35.1 Å². The Balaban J connectivity index is 0.00000196. The molecule has 140 valence electrons. The van der Waals surface area contributed by atoms with Gasteiger partial charge in [-0.05, 0) is 56.6 Å². The highest BCUT2D eigenvalue weighted by Gasteiger charge is 2.25. The largest absolute Gasteiger partial charge is 0.468 e. The zero-order valence-electron chi connectivity index (χ0n) is 15.3. The predicted molar refractivity (Wildman–Crippen MR) is 104 cm³/mol. The number of nitrogens with zero attached hydrogens (tertiary/aromatic N) is 4. The molecule has 1 atom stereocenters. The van der Waals surface area contributed by atoms with Crippen molar-refractivity contribution in [1.82, 2.24) is 25.0 Å². The lowest BCUT2D eigenvalue weighted by atomic mass is 10.1. The van der Waals surface area contributed by atoms with Crippen LogP contribution < -0.4 is 5.32 Å². The van der Waals surface area contributed by atoms with Gasteiger partial charge in [-0.25, -0.2) is 4.98 Å². The lowest BCUT2D eigenvalue weighted by molar-refractivity contribution is 0.209. The van der Waals surface area contributed by atoms with Crippen molar-refractivity contribution in [2.45, 2.75) is 32.4 Å². The van der Waals surface area contributed by atoms with Crippen LogP contribution in [0.4, 0.5) is 0 Å². The number of hydrogen-bond donors (Lipinski definition) is 1. The number of pyridine rings is 1. The molecule has 6 nitrogen and oxygen atoms in total. The third kappa shape index (κ3) is 3.77. The van der Waals surface area contributed by atoms with E-state index >= 15 is 0 Å². The second-order valence-corrected chi connectivity index (χ2v) is 6.83. The Bertz CT molecular complexity index is 839. The number of aromatic nitrogens is 3. The summed E-state index contributed by atoms with van der Waals surface area (Å²) in [7, 11) is 1.93. The Morgan fingerprint density at radius 2 is 2.12 bits per heavy atom. The van der Waals surface area contributed by atoms with Crippen LogP contribution in [0, 0.1) is 6.92 Å². The molecule has 0 amide bonds. The fraction of sp³-hybridized carbons (Fsp3) is 0.474. The van der Waals surface area contributed by atoms with Gasteiger partial charge in [0.15, 0.2) is 5.65 Å². The quantitative estimate of drug-likeness (QED) is 0.716. The summed E-state index contributed by atoms with van der Waals surface area (Å²) in [5.41, 5.74) is 3.15. The van der Waals surface area contributed by atoms with Crippen molar-refractivity contribution < 1.29 is 4.42 Å². The number of hydrogen-bond acceptors (Lipinski definition) is 5. The van der Waals surface area contributed by atoms with E-state index in [1.807, 2.05) is 30.9 Å². The molecule has 7 heteroatoms. The zero-order chi connectivity index (χ0) is 17.2. The first-order chi connectivity index (χ1) is 12.2. The molecule has 0 bridgehead atoms. The zero-order valence-corrected chi connectivity index (χ0v) is 16.1. The Labute approximate surface area is 160 Å². The number of nitrogens with one attached hydrogen (secondary N) is 1. The summed E-state index contributed by atoms with van der Waals surface area (Å²) in [5.74, 6) is 1.05. The highest BCUT2D eigenvalue weighted by Crippen LogP contribution is 2.25. The van der Waals surface area contributed by atoms with Gasteiger partial charge in [-0.2, -0.15) is 5.10 Å². The molecular formula is C19H26ClN5O. The normalized spacial score (nSPS) is 16.1. The van der Waals surface area contributed by atoms with Crippen LogP contribution in [0.5, 0.6) is 0 Å². The summed E-state index contributed by atoms with van der Waals surface area (Å²) in [6.45, 7) is 5.99. The average molecular weight is 376 g/mol. The van der Waals surface area contributed by atoms with Gasteiger partial charge in [-0.15, -0.1) is 12.4 Å². The van der Waals surface area contributed by atoms with Crippen LogP contribution in [0.3, 0.4) is 0 Å². The first-order valence-electron chi connectivity index (χ1n) is 8.99. The second-order valence-electron chi connectivity index (χ2n) is 6.83. The van der Waals surface area contributed by atoms with Gasteiger partial charge in [0.2, 0.25) is 0 Å². The second kappa shape index (κ2) is 8.20. The van der Waals surface area contributed by atoms with Gasteiger partial charge in [-0.3, -0.25) is 9.58 Å². The maximum absolute atomic E-state index is 5.68. The van der Waals surface area contributed by atoms with Crippen LogP contribution >= 0.6 is 12.4 Å². The van der Waals surface area contributed by atoms with E-state index in [9.17, 15) is 0 Å². The smallest absolute Gasteiger partial charge is 0.157 e. The van der Waals surface area contributed by atoms with Gasteiger partial charge in [0, 0.05) is 31.7 Å². The van der Waals surface area contributed by atoms with Crippen molar-refractivity contribution >= 4 is 23.4 Å². The van der Waals surface area contributed by atoms with Crippen molar-refractivity contribution in [2.75, 3.05) is 19.6 Å². The van der Waals surface area contributed by atoms with E-state index in [0.29, 0.717) is 6.04 Å². The minimum atomic E-state index is 0. The van der Waals surface area contributed by atoms with E-state index in [1.54, 1.807) is 6.26 Å². The topological polar surface area (TPSA) is 59.1 Å². The number of halogens is 1. The SMILES string of the molecule is Cc1nn(C)c2ncc(CNCC(c3ccco3)N3CCCC3)cc12.Cl. The van der Waals surface area contributed by atoms with E-state index < -0.39 is 0 Å². The summed E-state index contributed by atoms with van der Waals surface area (Å²) in [6.07, 6.45) is 6.26. The van der Waals surface area contributed by atoms with Crippen LogP contribution in [-0.4, -0.2) is 39.3 Å². The summed E-state index contributed by atoms with van der Waals surface area (Å²) in [5, 5.41) is 9.16. The molecule has 1 aliphatic heterocycles. The Morgan fingerprint density at radius 3 is 2.85 bits per heavy atom. The first-order valence-corrected chi connectivity index (χ1v) is 8.99. The van der Waals surface area contributed by atoms with Crippen molar-refractivity contribution in [2.24, 2.45) is 7.05 Å². The predicted octanol–water partition coefficient (Wildman–Crippen LogP) is 3.22. The Hall–Kier alpha value is -1.89. The molecule has 0 saturated carbocycles. The molecule has 0 spiro atoms. The molecule has 4 heterocycles. The number of fused-ring (bicyclic) bond motifs is 1. The minimum absolute atomic E-state index is 0. The highest BCUT2D eigenvalue weighted by atomic mass is 35.5. The number of furan rings is 1. The van der Waals surface area contributed by atoms with E-state index in [-0.39, 0.29) is 12.4 Å². The molecule has 3 aromatic rings. The summed E-state index contributed by atoms with van der Waals surface area (Å²) >= 11 is 0. The van der Waals surface area contributed by atoms with E-state index in [4.69, 9.17) is 4.42 Å². The molecule has 1 N–H and O–H groups in total. The lowest BCUT2D eigenvalue weighted by Gasteiger charge is -2.26. The molecule has 4 rings (SSSR count). The summed E-state index contributed by atoms with van der Waals surface area (Å²) in [4.78, 5) is 7.07. The van der Waals surface area contributed by atoms with Crippen molar-refractivity contribution in [3.63, 3.8) is 0 Å². The summed E-state index contributed by atoms with van der Waals surface area (Å²) in [6, 6.07) is 6.54. The average Bonchev–Trinajstić information content (AvgIpc) is 3.35. The Morgan fingerprint density at radius 1 is 1.31 bits per heavy atom. The monoisotopic (exact) mass is 375 g/mol. The number of aryl methyl sites for hydroxylation is 2. The van der Waals surface area contributed by atoms with Gasteiger partial charge in [-0.1, -0.05) is 0 Å². The molecule has 1 saturated heterocycles. The van der Waals surface area contributed by atoms with E-state index in [2.05, 4.69) is 32.4 Å². The molecule has 0 aromatic carbocycles. The third-order valence-electron chi connectivity index (χ3n) is 5.04. The lowest BCUT2D eigenvalue weighted by Crippen LogP contribution is -2.33. The van der Waals surface area contributed by atoms with Gasteiger partial charge < -0.3 is 9.73 Å². The van der Waals surface area contributed by atoms with Crippen LogP contribution in [-0.2, 0) is 13.6 Å². The van der Waals surface area contributed by atoms with Crippen molar-refractivity contribution in [1.29, 1.82) is 0 Å². The molecule has 0 radical (unpaired) electrons. The molecule has 0 aliphatic carbocycles. The van der Waals surface area contributed by atoms with Crippen molar-refractivity contribution in [3.05, 3.63) is 47.7 Å². The third-order valence-corrected chi connectivity index (χ3v) is 5.04. The van der Waals surface area contributed by atoms with E-state index in [0.717, 1.165) is 48.7 Å². The number of rotatable bonds is 6.